The molecular formula is C25H38N8O3S. The number of hydrogen-bond acceptors (Lipinski definition) is 7. The predicted octanol–water partition coefficient (Wildman–Crippen LogP) is 1.86. The van der Waals surface area contributed by atoms with E-state index < -0.39 is 0 Å². The molecule has 37 heavy (non-hydrogen) atoms. The number of hydrogen-bond donors (Lipinski definition) is 3. The Kier molecular flexibility index (Phi) is 9.23. The van der Waals surface area contributed by atoms with Gasteiger partial charge in [0, 0.05) is 49.9 Å². The van der Waals surface area contributed by atoms with Crippen molar-refractivity contribution in [3.05, 3.63) is 22.8 Å². The van der Waals surface area contributed by atoms with E-state index in [2.05, 4.69) is 39.7 Å². The van der Waals surface area contributed by atoms with Gasteiger partial charge in [-0.1, -0.05) is 25.6 Å². The fraction of sp³-hybridized carbons (Fsp3) is 0.680. The van der Waals surface area contributed by atoms with Crippen LogP contribution in [-0.4, -0.2) is 79.0 Å². The molecule has 3 N–H and O–H groups in total. The van der Waals surface area contributed by atoms with Crippen LogP contribution in [0.3, 0.4) is 0 Å². The van der Waals surface area contributed by atoms with Crippen LogP contribution in [0, 0.1) is 12.8 Å². The van der Waals surface area contributed by atoms with Crippen molar-refractivity contribution in [2.75, 3.05) is 25.4 Å². The molecule has 12 heteroatoms. The number of rotatable bonds is 6. The molecule has 0 saturated heterocycles. The van der Waals surface area contributed by atoms with Crippen molar-refractivity contribution in [2.24, 2.45) is 5.92 Å². The molecule has 1 aliphatic heterocycles. The molecule has 0 fully saturated rings. The monoisotopic (exact) mass is 530 g/mol. The number of fused-ring (bicyclic) bond motifs is 1. The van der Waals surface area contributed by atoms with Gasteiger partial charge >= 0.3 is 0 Å². The second-order valence-corrected chi connectivity index (χ2v) is 11.2. The minimum absolute atomic E-state index is 0.0144. The number of H-pyrrole nitrogens is 1. The number of nitrogens with zero attached hydrogens (tertiary/aromatic N) is 5. The lowest BCUT2D eigenvalue weighted by Gasteiger charge is -2.25. The number of aromatic amines is 1. The van der Waals surface area contributed by atoms with Crippen LogP contribution >= 0.6 is 11.8 Å². The predicted molar refractivity (Wildman–Crippen MR) is 140 cm³/mol. The van der Waals surface area contributed by atoms with Crippen LogP contribution in [0.2, 0.25) is 0 Å². The van der Waals surface area contributed by atoms with Gasteiger partial charge in [0.25, 0.3) is 5.91 Å². The molecule has 1 atom stereocenters. The first-order valence-corrected chi connectivity index (χ1v) is 14.2. The number of aryl methyl sites for hydroxylation is 2. The molecule has 1 aliphatic carbocycles. The molecule has 0 aromatic carbocycles. The average Bonchev–Trinajstić information content (AvgIpc) is 3.44. The number of nitrogens with one attached hydrogen (secondary N) is 3. The molecule has 2 bridgehead atoms. The van der Waals surface area contributed by atoms with Gasteiger partial charge in [0.15, 0.2) is 5.69 Å². The quantitative estimate of drug-likeness (QED) is 0.485. The number of carbonyl (C=O) groups excluding carboxylic acids is 3. The third-order valence-electron chi connectivity index (χ3n) is 6.82. The topological polar surface area (TPSA) is 138 Å². The van der Waals surface area contributed by atoms with Crippen LogP contribution in [0.4, 0.5) is 0 Å². The van der Waals surface area contributed by atoms with Gasteiger partial charge in [-0.15, -0.1) is 5.10 Å². The van der Waals surface area contributed by atoms with Gasteiger partial charge in [-0.25, -0.2) is 4.98 Å². The molecular weight excluding hydrogens is 492 g/mol. The summed E-state index contributed by atoms with van der Waals surface area (Å²) in [6.07, 6.45) is 4.80. The fourth-order valence-corrected chi connectivity index (χ4v) is 5.56. The molecule has 1 unspecified atom stereocenters. The minimum atomic E-state index is -0.185. The van der Waals surface area contributed by atoms with Gasteiger partial charge in [-0.2, -0.15) is 5.10 Å². The van der Waals surface area contributed by atoms with Gasteiger partial charge in [0.1, 0.15) is 5.82 Å². The Morgan fingerprint density at radius 2 is 2.00 bits per heavy atom. The highest BCUT2D eigenvalue weighted by Crippen LogP contribution is 2.26. The number of carbonyl (C=O) groups is 3. The van der Waals surface area contributed by atoms with Gasteiger partial charge in [-0.05, 0) is 51.4 Å². The molecule has 2 aromatic heterocycles. The normalized spacial score (nSPS) is 19.2. The van der Waals surface area contributed by atoms with Crippen LogP contribution in [0.1, 0.15) is 73.5 Å². The third-order valence-corrected chi connectivity index (χ3v) is 7.65. The van der Waals surface area contributed by atoms with Crippen molar-refractivity contribution < 1.29 is 14.4 Å². The summed E-state index contributed by atoms with van der Waals surface area (Å²) in [7, 11) is 0. The van der Waals surface area contributed by atoms with Crippen molar-refractivity contribution in [2.45, 2.75) is 83.5 Å². The van der Waals surface area contributed by atoms with Crippen LogP contribution in [0.25, 0.3) is 0 Å². The van der Waals surface area contributed by atoms with Crippen LogP contribution < -0.4 is 10.6 Å². The molecule has 11 nitrogen and oxygen atoms in total. The first kappa shape index (κ1) is 27.2. The molecule has 0 radical (unpaired) electrons. The molecule has 0 spiro atoms. The Bertz CT molecular complexity index is 1110. The SMILES string of the molecule is Cc1nc(SCC(=O)N2CCCNC(=O)c3nn(CCC(C)C)c4c3CC(CC4)NC(=O)CCC2)n[nH]1. The molecule has 4 rings (SSSR count). The van der Waals surface area contributed by atoms with Gasteiger partial charge in [0.05, 0.1) is 5.75 Å². The molecule has 0 saturated carbocycles. The maximum atomic E-state index is 13.1. The number of thioether (sulfide) groups is 1. The summed E-state index contributed by atoms with van der Waals surface area (Å²) in [6.45, 7) is 8.40. The maximum Gasteiger partial charge on any atom is 0.272 e. The first-order valence-electron chi connectivity index (χ1n) is 13.3. The van der Waals surface area contributed by atoms with E-state index in [-0.39, 0.29) is 29.5 Å². The third kappa shape index (κ3) is 7.33. The molecule has 2 aliphatic rings. The van der Waals surface area contributed by atoms with Crippen molar-refractivity contribution in [3.8, 4) is 0 Å². The van der Waals surface area contributed by atoms with E-state index in [0.717, 1.165) is 37.1 Å². The zero-order valence-corrected chi connectivity index (χ0v) is 22.8. The Hall–Kier alpha value is -2.89. The second kappa shape index (κ2) is 12.6. The van der Waals surface area contributed by atoms with E-state index in [0.29, 0.717) is 67.9 Å². The minimum Gasteiger partial charge on any atom is -0.353 e. The number of amides is 3. The Balaban J connectivity index is 1.44. The van der Waals surface area contributed by atoms with Crippen LogP contribution in [0.5, 0.6) is 0 Å². The fourth-order valence-electron chi connectivity index (χ4n) is 4.81. The first-order chi connectivity index (χ1) is 17.8. The lowest BCUT2D eigenvalue weighted by atomic mass is 9.91. The standard InChI is InChI=1S/C25H38N8O3S/c1-16(2)9-13-33-20-8-7-18-14-19(20)23(31-33)24(36)26-10-5-12-32(11-4-6-21(34)28-18)22(35)15-37-25-27-17(3)29-30-25/h16,18H,4-15H2,1-3H3,(H,26,36)(H,28,34)(H,27,29,30). The molecule has 202 valence electrons. The summed E-state index contributed by atoms with van der Waals surface area (Å²) in [5.74, 6) is 1.23. The van der Waals surface area contributed by atoms with Crippen molar-refractivity contribution in [3.63, 3.8) is 0 Å². The Labute approximate surface area is 221 Å². The van der Waals surface area contributed by atoms with Crippen molar-refractivity contribution >= 4 is 29.5 Å². The highest BCUT2D eigenvalue weighted by molar-refractivity contribution is 7.99. The number of aromatic nitrogens is 5. The van der Waals surface area contributed by atoms with E-state index in [1.165, 1.54) is 11.8 Å². The van der Waals surface area contributed by atoms with Gasteiger partial charge < -0.3 is 15.5 Å². The lowest BCUT2D eigenvalue weighted by Crippen LogP contribution is -2.40. The summed E-state index contributed by atoms with van der Waals surface area (Å²) in [6, 6.07) is -0.0154. The molecule has 2 aromatic rings. The summed E-state index contributed by atoms with van der Waals surface area (Å²) < 4.78 is 2.00. The highest BCUT2D eigenvalue weighted by Gasteiger charge is 2.30. The van der Waals surface area contributed by atoms with Crippen molar-refractivity contribution in [1.82, 2.24) is 40.5 Å². The Morgan fingerprint density at radius 1 is 1.19 bits per heavy atom. The Morgan fingerprint density at radius 3 is 2.76 bits per heavy atom. The zero-order chi connectivity index (χ0) is 26.4. The summed E-state index contributed by atoms with van der Waals surface area (Å²) in [5.41, 5.74) is 2.55. The lowest BCUT2D eigenvalue weighted by molar-refractivity contribution is -0.129. The smallest absolute Gasteiger partial charge is 0.272 e. The summed E-state index contributed by atoms with van der Waals surface area (Å²) in [4.78, 5) is 44.8. The molecule has 3 amide bonds. The van der Waals surface area contributed by atoms with Gasteiger partial charge in [-0.3, -0.25) is 24.2 Å². The largest absolute Gasteiger partial charge is 0.353 e. The summed E-state index contributed by atoms with van der Waals surface area (Å²) >= 11 is 1.29. The van der Waals surface area contributed by atoms with E-state index in [1.54, 1.807) is 4.90 Å². The summed E-state index contributed by atoms with van der Waals surface area (Å²) in [5, 5.41) is 18.3. The second-order valence-electron chi connectivity index (χ2n) is 10.3. The van der Waals surface area contributed by atoms with Gasteiger partial charge in [0.2, 0.25) is 17.0 Å². The zero-order valence-electron chi connectivity index (χ0n) is 22.0. The van der Waals surface area contributed by atoms with E-state index >= 15 is 0 Å². The average molecular weight is 531 g/mol. The van der Waals surface area contributed by atoms with E-state index in [4.69, 9.17) is 5.10 Å². The van der Waals surface area contributed by atoms with Crippen molar-refractivity contribution in [1.29, 1.82) is 0 Å². The molecule has 3 heterocycles. The van der Waals surface area contributed by atoms with Crippen LogP contribution in [-0.2, 0) is 29.0 Å². The van der Waals surface area contributed by atoms with E-state index in [1.807, 2.05) is 11.6 Å². The maximum absolute atomic E-state index is 13.1. The highest BCUT2D eigenvalue weighted by atomic mass is 32.2. The van der Waals surface area contributed by atoms with E-state index in [9.17, 15) is 14.4 Å². The van der Waals surface area contributed by atoms with Crippen LogP contribution in [0.15, 0.2) is 5.16 Å².